The molecule has 1 heterocycles. The van der Waals surface area contributed by atoms with Gasteiger partial charge in [0.15, 0.2) is 0 Å². The largest absolute Gasteiger partial charge is 0.399 e. The van der Waals surface area contributed by atoms with Gasteiger partial charge in [-0.15, -0.1) is 0 Å². The predicted molar refractivity (Wildman–Crippen MR) is 71.8 cm³/mol. The molecule has 5 heteroatoms. The Morgan fingerprint density at radius 2 is 2.28 bits per heavy atom. The van der Waals surface area contributed by atoms with Crippen LogP contribution < -0.4 is 5.73 Å². The fourth-order valence-electron chi connectivity index (χ4n) is 2.23. The Kier molecular flexibility index (Phi) is 4.09. The molecule has 4 nitrogen and oxygen atoms in total. The van der Waals surface area contributed by atoms with Crippen molar-refractivity contribution >= 4 is 23.2 Å². The molecule has 0 saturated carbocycles. The lowest BCUT2D eigenvalue weighted by Gasteiger charge is -2.32. The SMILES string of the molecule is COC1CCCN(C(=O)c2cc(N)cc(Cl)c2)C1. The van der Waals surface area contributed by atoms with Gasteiger partial charge in [-0.1, -0.05) is 11.6 Å². The highest BCUT2D eigenvalue weighted by molar-refractivity contribution is 6.31. The van der Waals surface area contributed by atoms with Gasteiger partial charge in [0, 0.05) is 36.5 Å². The molecule has 2 N–H and O–H groups in total. The van der Waals surface area contributed by atoms with Gasteiger partial charge in [-0.05, 0) is 31.0 Å². The van der Waals surface area contributed by atoms with E-state index in [2.05, 4.69) is 0 Å². The normalized spacial score (nSPS) is 19.9. The number of halogens is 1. The first kappa shape index (κ1) is 13.2. The fourth-order valence-corrected chi connectivity index (χ4v) is 2.48. The number of ether oxygens (including phenoxy) is 1. The molecule has 2 rings (SSSR count). The van der Waals surface area contributed by atoms with Gasteiger partial charge in [-0.25, -0.2) is 0 Å². The molecular formula is C13H17ClN2O2. The van der Waals surface area contributed by atoms with Crippen molar-refractivity contribution in [3.63, 3.8) is 0 Å². The number of amides is 1. The summed E-state index contributed by atoms with van der Waals surface area (Å²) in [4.78, 5) is 14.1. The summed E-state index contributed by atoms with van der Waals surface area (Å²) < 4.78 is 5.31. The maximum absolute atomic E-state index is 12.3. The molecule has 0 aliphatic carbocycles. The van der Waals surface area contributed by atoms with Crippen LogP contribution in [-0.2, 0) is 4.74 Å². The first-order valence-electron chi connectivity index (χ1n) is 5.98. The number of nitrogens with two attached hydrogens (primary N) is 1. The molecule has 1 atom stereocenters. The molecule has 98 valence electrons. The Morgan fingerprint density at radius 1 is 1.50 bits per heavy atom. The van der Waals surface area contributed by atoms with Crippen molar-refractivity contribution in [3.8, 4) is 0 Å². The van der Waals surface area contributed by atoms with E-state index in [9.17, 15) is 4.79 Å². The summed E-state index contributed by atoms with van der Waals surface area (Å²) in [5.41, 5.74) is 6.74. The first-order valence-corrected chi connectivity index (χ1v) is 6.36. The van der Waals surface area contributed by atoms with Crippen molar-refractivity contribution in [2.24, 2.45) is 0 Å². The van der Waals surface area contributed by atoms with E-state index in [4.69, 9.17) is 22.1 Å². The van der Waals surface area contributed by atoms with Crippen LogP contribution in [0.4, 0.5) is 5.69 Å². The third kappa shape index (κ3) is 2.94. The van der Waals surface area contributed by atoms with Crippen LogP contribution in [0.2, 0.25) is 5.02 Å². The molecule has 1 fully saturated rings. The summed E-state index contributed by atoms with van der Waals surface area (Å²) in [6, 6.07) is 4.94. The number of rotatable bonds is 2. The number of carbonyl (C=O) groups excluding carboxylic acids is 1. The van der Waals surface area contributed by atoms with Crippen molar-refractivity contribution in [3.05, 3.63) is 28.8 Å². The van der Waals surface area contributed by atoms with Crippen LogP contribution in [-0.4, -0.2) is 37.1 Å². The molecule has 0 radical (unpaired) electrons. The minimum Gasteiger partial charge on any atom is -0.399 e. The second kappa shape index (κ2) is 5.59. The van der Waals surface area contributed by atoms with Crippen LogP contribution >= 0.6 is 11.6 Å². The van der Waals surface area contributed by atoms with E-state index in [1.54, 1.807) is 30.2 Å². The number of carbonyl (C=O) groups is 1. The zero-order chi connectivity index (χ0) is 13.1. The zero-order valence-corrected chi connectivity index (χ0v) is 11.1. The van der Waals surface area contributed by atoms with Crippen molar-refractivity contribution < 1.29 is 9.53 Å². The number of nitrogen functional groups attached to an aromatic ring is 1. The number of anilines is 1. The molecule has 1 aromatic rings. The number of piperidine rings is 1. The summed E-state index contributed by atoms with van der Waals surface area (Å²) in [7, 11) is 1.68. The fraction of sp³-hybridized carbons (Fsp3) is 0.462. The molecule has 1 saturated heterocycles. The maximum Gasteiger partial charge on any atom is 0.254 e. The topological polar surface area (TPSA) is 55.6 Å². The highest BCUT2D eigenvalue weighted by atomic mass is 35.5. The van der Waals surface area contributed by atoms with Crippen LogP contribution in [0.25, 0.3) is 0 Å². The second-order valence-electron chi connectivity index (χ2n) is 4.52. The van der Waals surface area contributed by atoms with E-state index in [-0.39, 0.29) is 12.0 Å². The molecule has 1 amide bonds. The third-order valence-corrected chi connectivity index (χ3v) is 3.38. The van der Waals surface area contributed by atoms with E-state index < -0.39 is 0 Å². The smallest absolute Gasteiger partial charge is 0.254 e. The number of methoxy groups -OCH3 is 1. The standard InChI is InChI=1S/C13H17ClN2O2/c1-18-12-3-2-4-16(8-12)13(17)9-5-10(14)7-11(15)6-9/h5-7,12H,2-4,8,15H2,1H3. The molecule has 1 unspecified atom stereocenters. The van der Waals surface area contributed by atoms with Gasteiger partial charge >= 0.3 is 0 Å². The van der Waals surface area contributed by atoms with E-state index in [0.717, 1.165) is 19.4 Å². The van der Waals surface area contributed by atoms with Crippen LogP contribution in [0.3, 0.4) is 0 Å². The van der Waals surface area contributed by atoms with Gasteiger partial charge in [0.25, 0.3) is 5.91 Å². The maximum atomic E-state index is 12.3. The highest BCUT2D eigenvalue weighted by Gasteiger charge is 2.24. The van der Waals surface area contributed by atoms with Crippen molar-refractivity contribution in [2.75, 3.05) is 25.9 Å². The minimum absolute atomic E-state index is 0.0362. The zero-order valence-electron chi connectivity index (χ0n) is 10.4. The van der Waals surface area contributed by atoms with Gasteiger partial charge in [-0.2, -0.15) is 0 Å². The van der Waals surface area contributed by atoms with Gasteiger partial charge in [0.1, 0.15) is 0 Å². The van der Waals surface area contributed by atoms with E-state index in [1.165, 1.54) is 0 Å². The molecule has 0 spiro atoms. The monoisotopic (exact) mass is 268 g/mol. The van der Waals surface area contributed by atoms with Gasteiger partial charge < -0.3 is 15.4 Å². The Labute approximate surface area is 112 Å². The Balaban J connectivity index is 2.15. The number of hydrogen-bond donors (Lipinski definition) is 1. The molecule has 1 aliphatic heterocycles. The van der Waals surface area contributed by atoms with Crippen molar-refractivity contribution in [1.82, 2.24) is 4.90 Å². The quantitative estimate of drug-likeness (QED) is 0.837. The predicted octanol–water partition coefficient (Wildman–Crippen LogP) is 2.17. The minimum atomic E-state index is -0.0362. The Hall–Kier alpha value is -1.26. The molecule has 0 aromatic heterocycles. The molecular weight excluding hydrogens is 252 g/mol. The number of nitrogens with zero attached hydrogens (tertiary/aromatic N) is 1. The lowest BCUT2D eigenvalue weighted by Crippen LogP contribution is -2.42. The molecule has 18 heavy (non-hydrogen) atoms. The lowest BCUT2D eigenvalue weighted by atomic mass is 10.1. The van der Waals surface area contributed by atoms with E-state index in [1.807, 2.05) is 0 Å². The number of likely N-dealkylation sites (tertiary alicyclic amines) is 1. The van der Waals surface area contributed by atoms with Crippen LogP contribution in [0, 0.1) is 0 Å². The lowest BCUT2D eigenvalue weighted by molar-refractivity contribution is 0.0269. The Bertz CT molecular complexity index is 430. The summed E-state index contributed by atoms with van der Waals surface area (Å²) >= 11 is 5.91. The van der Waals surface area contributed by atoms with E-state index >= 15 is 0 Å². The summed E-state index contributed by atoms with van der Waals surface area (Å²) in [6.45, 7) is 1.38. The number of hydrogen-bond acceptors (Lipinski definition) is 3. The molecule has 1 aliphatic rings. The second-order valence-corrected chi connectivity index (χ2v) is 4.96. The van der Waals surface area contributed by atoms with Crippen LogP contribution in [0.5, 0.6) is 0 Å². The average Bonchev–Trinajstić information content (AvgIpc) is 2.37. The summed E-state index contributed by atoms with van der Waals surface area (Å²) in [5.74, 6) is -0.0362. The van der Waals surface area contributed by atoms with Gasteiger partial charge in [0.05, 0.1) is 6.10 Å². The Morgan fingerprint density at radius 3 is 2.94 bits per heavy atom. The summed E-state index contributed by atoms with van der Waals surface area (Å²) in [6.07, 6.45) is 2.08. The van der Waals surface area contributed by atoms with Crippen LogP contribution in [0.15, 0.2) is 18.2 Å². The molecule has 1 aromatic carbocycles. The van der Waals surface area contributed by atoms with E-state index in [0.29, 0.717) is 22.8 Å². The van der Waals surface area contributed by atoms with Crippen LogP contribution in [0.1, 0.15) is 23.2 Å². The molecule has 0 bridgehead atoms. The van der Waals surface area contributed by atoms with Crippen molar-refractivity contribution in [1.29, 1.82) is 0 Å². The van der Waals surface area contributed by atoms with Crippen molar-refractivity contribution in [2.45, 2.75) is 18.9 Å². The number of benzene rings is 1. The third-order valence-electron chi connectivity index (χ3n) is 3.17. The highest BCUT2D eigenvalue weighted by Crippen LogP contribution is 2.20. The average molecular weight is 269 g/mol. The summed E-state index contributed by atoms with van der Waals surface area (Å²) in [5, 5.41) is 0.485. The van der Waals surface area contributed by atoms with Gasteiger partial charge in [-0.3, -0.25) is 4.79 Å². The first-order chi connectivity index (χ1) is 8.60. The van der Waals surface area contributed by atoms with Gasteiger partial charge in [0.2, 0.25) is 0 Å².